The predicted octanol–water partition coefficient (Wildman–Crippen LogP) is 3.07. The molecule has 1 amide bonds. The first-order chi connectivity index (χ1) is 10.6. The lowest BCUT2D eigenvalue weighted by Crippen LogP contribution is -2.16. The molecule has 1 heterocycles. The van der Waals surface area contributed by atoms with Gasteiger partial charge in [-0.15, -0.1) is 0 Å². The molecule has 0 fully saturated rings. The molecule has 1 aromatic carbocycles. The summed E-state index contributed by atoms with van der Waals surface area (Å²) in [6.45, 7) is 7.31. The van der Waals surface area contributed by atoms with Crippen LogP contribution in [0.4, 0.5) is 5.69 Å². The molecular formula is C16H20N2O4S. The molecule has 0 spiro atoms. The average molecular weight is 336 g/mol. The number of rotatable bonds is 4. The van der Waals surface area contributed by atoms with Crippen molar-refractivity contribution in [3.05, 3.63) is 40.8 Å². The molecule has 6 nitrogen and oxygen atoms in total. The highest BCUT2D eigenvalue weighted by molar-refractivity contribution is 7.90. The van der Waals surface area contributed by atoms with Gasteiger partial charge in [-0.05, 0) is 31.5 Å². The van der Waals surface area contributed by atoms with Crippen LogP contribution in [-0.2, 0) is 9.84 Å². The van der Waals surface area contributed by atoms with Gasteiger partial charge < -0.3 is 9.84 Å². The standard InChI is InChI=1S/C16H20N2O4S/c1-9(2)15-14(11(4)18-22-15)16(19)17-13-8-12(23(5,20)21)7-6-10(13)3/h6-9H,1-5H3,(H,17,19). The van der Waals surface area contributed by atoms with Crippen LogP contribution in [0.5, 0.6) is 0 Å². The van der Waals surface area contributed by atoms with E-state index in [0.29, 0.717) is 22.7 Å². The van der Waals surface area contributed by atoms with Crippen LogP contribution in [0, 0.1) is 13.8 Å². The smallest absolute Gasteiger partial charge is 0.261 e. The Bertz CT molecular complexity index is 851. The van der Waals surface area contributed by atoms with Crippen molar-refractivity contribution in [3.8, 4) is 0 Å². The summed E-state index contributed by atoms with van der Waals surface area (Å²) in [5.41, 5.74) is 2.12. The third kappa shape index (κ3) is 3.61. The molecule has 2 aromatic rings. The highest BCUT2D eigenvalue weighted by Crippen LogP contribution is 2.25. The van der Waals surface area contributed by atoms with Gasteiger partial charge in [-0.25, -0.2) is 8.42 Å². The van der Waals surface area contributed by atoms with Crippen molar-refractivity contribution in [1.29, 1.82) is 0 Å². The molecule has 0 saturated carbocycles. The number of aryl methyl sites for hydroxylation is 2. The topological polar surface area (TPSA) is 89.3 Å². The monoisotopic (exact) mass is 336 g/mol. The molecule has 0 aliphatic rings. The molecule has 0 atom stereocenters. The van der Waals surface area contributed by atoms with Crippen molar-refractivity contribution in [2.24, 2.45) is 0 Å². The molecule has 2 rings (SSSR count). The number of carbonyl (C=O) groups is 1. The van der Waals surface area contributed by atoms with Gasteiger partial charge in [0, 0.05) is 17.9 Å². The van der Waals surface area contributed by atoms with Gasteiger partial charge in [-0.3, -0.25) is 4.79 Å². The second-order valence-corrected chi connectivity index (χ2v) is 7.88. The van der Waals surface area contributed by atoms with Gasteiger partial charge in [-0.2, -0.15) is 0 Å². The van der Waals surface area contributed by atoms with E-state index in [1.807, 2.05) is 13.8 Å². The van der Waals surface area contributed by atoms with Crippen LogP contribution < -0.4 is 5.32 Å². The first kappa shape index (κ1) is 17.2. The molecule has 1 N–H and O–H groups in total. The Morgan fingerprint density at radius 2 is 1.91 bits per heavy atom. The van der Waals surface area contributed by atoms with Gasteiger partial charge in [0.25, 0.3) is 5.91 Å². The van der Waals surface area contributed by atoms with Crippen LogP contribution in [0.3, 0.4) is 0 Å². The Morgan fingerprint density at radius 3 is 2.48 bits per heavy atom. The minimum atomic E-state index is -3.34. The van der Waals surface area contributed by atoms with E-state index >= 15 is 0 Å². The maximum Gasteiger partial charge on any atom is 0.261 e. The minimum absolute atomic E-state index is 0.0143. The van der Waals surface area contributed by atoms with Crippen molar-refractivity contribution in [2.45, 2.75) is 38.5 Å². The van der Waals surface area contributed by atoms with Crippen LogP contribution in [0.2, 0.25) is 0 Å². The summed E-state index contributed by atoms with van der Waals surface area (Å²) >= 11 is 0. The fourth-order valence-corrected chi connectivity index (χ4v) is 2.86. The van der Waals surface area contributed by atoms with E-state index in [4.69, 9.17) is 4.52 Å². The number of hydrogen-bond acceptors (Lipinski definition) is 5. The number of aromatic nitrogens is 1. The van der Waals surface area contributed by atoms with Crippen LogP contribution >= 0.6 is 0 Å². The molecule has 0 aliphatic carbocycles. The third-order valence-electron chi connectivity index (χ3n) is 3.53. The van der Waals surface area contributed by atoms with Gasteiger partial charge in [0.2, 0.25) is 0 Å². The minimum Gasteiger partial charge on any atom is -0.360 e. The summed E-state index contributed by atoms with van der Waals surface area (Å²) < 4.78 is 28.6. The Kier molecular flexibility index (Phi) is 4.61. The number of amides is 1. The number of anilines is 1. The molecular weight excluding hydrogens is 316 g/mol. The quantitative estimate of drug-likeness (QED) is 0.927. The van der Waals surface area contributed by atoms with Crippen LogP contribution in [0.15, 0.2) is 27.6 Å². The SMILES string of the molecule is Cc1ccc(S(C)(=O)=O)cc1NC(=O)c1c(C)noc1C(C)C. The van der Waals surface area contributed by atoms with Crippen LogP contribution in [0.1, 0.15) is 47.1 Å². The number of hydrogen-bond donors (Lipinski definition) is 1. The second kappa shape index (κ2) is 6.16. The molecule has 0 aliphatic heterocycles. The Morgan fingerprint density at radius 1 is 1.26 bits per heavy atom. The highest BCUT2D eigenvalue weighted by atomic mass is 32.2. The first-order valence-electron chi connectivity index (χ1n) is 7.19. The zero-order chi connectivity index (χ0) is 17.4. The summed E-state index contributed by atoms with van der Waals surface area (Å²) in [4.78, 5) is 12.7. The Balaban J connectivity index is 2.40. The molecule has 1 aromatic heterocycles. The number of sulfone groups is 1. The summed E-state index contributed by atoms with van der Waals surface area (Å²) in [5.74, 6) is 0.165. The average Bonchev–Trinajstić information content (AvgIpc) is 2.82. The van der Waals surface area contributed by atoms with Gasteiger partial charge in [0.1, 0.15) is 5.56 Å². The molecule has 0 radical (unpaired) electrons. The zero-order valence-electron chi connectivity index (χ0n) is 13.8. The fourth-order valence-electron chi connectivity index (χ4n) is 2.21. The van der Waals surface area contributed by atoms with Crippen molar-refractivity contribution < 1.29 is 17.7 Å². The highest BCUT2D eigenvalue weighted by Gasteiger charge is 2.23. The Labute approximate surface area is 135 Å². The van der Waals surface area contributed by atoms with Gasteiger partial charge in [0.05, 0.1) is 10.6 Å². The van der Waals surface area contributed by atoms with E-state index in [1.165, 1.54) is 12.1 Å². The molecule has 23 heavy (non-hydrogen) atoms. The number of benzene rings is 1. The van der Waals surface area contributed by atoms with Crippen LogP contribution in [0.25, 0.3) is 0 Å². The summed E-state index contributed by atoms with van der Waals surface area (Å²) in [5, 5.41) is 6.61. The van der Waals surface area contributed by atoms with E-state index in [2.05, 4.69) is 10.5 Å². The lowest BCUT2D eigenvalue weighted by Gasteiger charge is -2.11. The summed E-state index contributed by atoms with van der Waals surface area (Å²) in [6.07, 6.45) is 1.13. The van der Waals surface area contributed by atoms with E-state index in [9.17, 15) is 13.2 Å². The van der Waals surface area contributed by atoms with Gasteiger partial charge >= 0.3 is 0 Å². The molecule has 0 saturated heterocycles. The normalized spacial score (nSPS) is 11.7. The molecule has 124 valence electrons. The van der Waals surface area contributed by atoms with Crippen LogP contribution in [-0.4, -0.2) is 25.7 Å². The van der Waals surface area contributed by atoms with Crippen molar-refractivity contribution in [3.63, 3.8) is 0 Å². The number of carbonyl (C=O) groups excluding carboxylic acids is 1. The van der Waals surface area contributed by atoms with E-state index < -0.39 is 9.84 Å². The maximum atomic E-state index is 12.6. The van der Waals surface area contributed by atoms with E-state index in [-0.39, 0.29) is 16.7 Å². The number of nitrogens with one attached hydrogen (secondary N) is 1. The maximum absolute atomic E-state index is 12.6. The lowest BCUT2D eigenvalue weighted by atomic mass is 10.0. The lowest BCUT2D eigenvalue weighted by molar-refractivity contribution is 0.102. The zero-order valence-corrected chi connectivity index (χ0v) is 14.6. The predicted molar refractivity (Wildman–Crippen MR) is 87.6 cm³/mol. The Hall–Kier alpha value is -2.15. The van der Waals surface area contributed by atoms with Crippen molar-refractivity contribution >= 4 is 21.4 Å². The molecule has 0 unspecified atom stereocenters. The number of nitrogens with zero attached hydrogens (tertiary/aromatic N) is 1. The van der Waals surface area contributed by atoms with Gasteiger partial charge in [-0.1, -0.05) is 25.1 Å². The van der Waals surface area contributed by atoms with E-state index in [1.54, 1.807) is 19.9 Å². The first-order valence-corrected chi connectivity index (χ1v) is 9.08. The largest absolute Gasteiger partial charge is 0.360 e. The summed E-state index contributed by atoms with van der Waals surface area (Å²) in [6, 6.07) is 4.64. The van der Waals surface area contributed by atoms with Crippen molar-refractivity contribution in [2.75, 3.05) is 11.6 Å². The van der Waals surface area contributed by atoms with Gasteiger partial charge in [0.15, 0.2) is 15.6 Å². The van der Waals surface area contributed by atoms with Crippen molar-refractivity contribution in [1.82, 2.24) is 5.16 Å². The summed E-state index contributed by atoms with van der Waals surface area (Å²) in [7, 11) is -3.34. The fraction of sp³-hybridized carbons (Fsp3) is 0.375. The second-order valence-electron chi connectivity index (χ2n) is 5.86. The molecule has 7 heteroatoms. The third-order valence-corrected chi connectivity index (χ3v) is 4.64. The molecule has 0 bridgehead atoms. The van der Waals surface area contributed by atoms with E-state index in [0.717, 1.165) is 11.8 Å².